The predicted molar refractivity (Wildman–Crippen MR) is 93.6 cm³/mol. The van der Waals surface area contributed by atoms with Crippen LogP contribution in [0.2, 0.25) is 0 Å². The second kappa shape index (κ2) is 8.12. The van der Waals surface area contributed by atoms with E-state index in [1.165, 1.54) is 11.0 Å². The number of hydrogen-bond donors (Lipinski definition) is 2. The van der Waals surface area contributed by atoms with E-state index in [1.807, 2.05) is 0 Å². The number of likely N-dealkylation sites (tertiary alicyclic amines) is 1. The zero-order valence-electron chi connectivity index (χ0n) is 14.9. The summed E-state index contributed by atoms with van der Waals surface area (Å²) in [6.45, 7) is 4.70. The molecule has 5 nitrogen and oxygen atoms in total. The molecule has 1 aromatic carbocycles. The highest BCUT2D eigenvalue weighted by Gasteiger charge is 2.31. The highest BCUT2D eigenvalue weighted by molar-refractivity contribution is 5.94. The van der Waals surface area contributed by atoms with Crippen molar-refractivity contribution in [2.75, 3.05) is 26.2 Å². The smallest absolute Gasteiger partial charge is 0.256 e. The van der Waals surface area contributed by atoms with Crippen molar-refractivity contribution in [3.05, 3.63) is 35.4 Å². The summed E-state index contributed by atoms with van der Waals surface area (Å²) in [6.07, 6.45) is 2.14. The van der Waals surface area contributed by atoms with Crippen molar-refractivity contribution >= 4 is 11.8 Å². The average molecular weight is 365 g/mol. The van der Waals surface area contributed by atoms with Gasteiger partial charge in [-0.15, -0.1) is 0 Å². The number of hydrogen-bond acceptors (Lipinski definition) is 3. The van der Waals surface area contributed by atoms with Crippen molar-refractivity contribution in [3.63, 3.8) is 0 Å². The molecule has 7 heteroatoms. The highest BCUT2D eigenvalue weighted by atomic mass is 19.1. The summed E-state index contributed by atoms with van der Waals surface area (Å²) in [5.74, 6) is -1.67. The summed E-state index contributed by atoms with van der Waals surface area (Å²) in [6, 6.07) is 3.11. The number of benzene rings is 1. The first-order valence-corrected chi connectivity index (χ1v) is 9.21. The van der Waals surface area contributed by atoms with Gasteiger partial charge in [-0.1, -0.05) is 6.92 Å². The van der Waals surface area contributed by atoms with Crippen LogP contribution in [0.25, 0.3) is 0 Å². The molecule has 142 valence electrons. The molecule has 0 saturated carbocycles. The molecule has 0 bridgehead atoms. The first kappa shape index (κ1) is 18.8. The van der Waals surface area contributed by atoms with Gasteiger partial charge in [-0.2, -0.15) is 0 Å². The monoisotopic (exact) mass is 365 g/mol. The van der Waals surface area contributed by atoms with Crippen LogP contribution in [0, 0.1) is 23.5 Å². The van der Waals surface area contributed by atoms with Gasteiger partial charge in [-0.25, -0.2) is 8.78 Å². The predicted octanol–water partition coefficient (Wildman–Crippen LogP) is 1.93. The van der Waals surface area contributed by atoms with Crippen LogP contribution in [0.3, 0.4) is 0 Å². The molecule has 3 rings (SSSR count). The number of piperidine rings is 2. The molecule has 26 heavy (non-hydrogen) atoms. The molecule has 2 aliphatic rings. The third-order valence-electron chi connectivity index (χ3n) is 5.47. The van der Waals surface area contributed by atoms with E-state index in [1.54, 1.807) is 0 Å². The van der Waals surface area contributed by atoms with Gasteiger partial charge in [0.15, 0.2) is 0 Å². The standard InChI is InChI=1S/C19H25F2N3O2/c1-12-4-7-22-11-17(12)23-18(25)13-5-8-24(9-6-13)19(26)15-3-2-14(20)10-16(15)21/h2-3,10,12-13,17,22H,4-9,11H2,1H3,(H,23,25). The lowest BCUT2D eigenvalue weighted by Gasteiger charge is -2.34. The second-order valence-corrected chi connectivity index (χ2v) is 7.28. The van der Waals surface area contributed by atoms with Gasteiger partial charge in [0.2, 0.25) is 5.91 Å². The van der Waals surface area contributed by atoms with E-state index in [9.17, 15) is 18.4 Å². The summed E-state index contributed by atoms with van der Waals surface area (Å²) in [4.78, 5) is 26.5. The van der Waals surface area contributed by atoms with Gasteiger partial charge >= 0.3 is 0 Å². The van der Waals surface area contributed by atoms with E-state index in [0.717, 1.165) is 25.6 Å². The lowest BCUT2D eigenvalue weighted by atomic mass is 9.91. The molecule has 2 fully saturated rings. The van der Waals surface area contributed by atoms with Crippen molar-refractivity contribution in [2.24, 2.45) is 11.8 Å². The van der Waals surface area contributed by atoms with Crippen molar-refractivity contribution in [3.8, 4) is 0 Å². The third-order valence-corrected chi connectivity index (χ3v) is 5.47. The Morgan fingerprint density at radius 2 is 1.92 bits per heavy atom. The lowest BCUT2D eigenvalue weighted by molar-refractivity contribution is -0.127. The topological polar surface area (TPSA) is 61.4 Å². The van der Waals surface area contributed by atoms with Gasteiger partial charge in [0.05, 0.1) is 5.56 Å². The number of halogens is 2. The molecule has 2 saturated heterocycles. The fourth-order valence-electron chi connectivity index (χ4n) is 3.66. The Kier molecular flexibility index (Phi) is 5.86. The van der Waals surface area contributed by atoms with Crippen LogP contribution in [0.1, 0.15) is 36.5 Å². The number of carbonyl (C=O) groups is 2. The van der Waals surface area contributed by atoms with Crippen LogP contribution in [0.4, 0.5) is 8.78 Å². The third kappa shape index (κ3) is 4.20. The Morgan fingerprint density at radius 3 is 2.58 bits per heavy atom. The fourth-order valence-corrected chi connectivity index (χ4v) is 3.66. The zero-order valence-corrected chi connectivity index (χ0v) is 14.9. The van der Waals surface area contributed by atoms with Gasteiger partial charge in [-0.05, 0) is 43.9 Å². The molecule has 2 aliphatic heterocycles. The quantitative estimate of drug-likeness (QED) is 0.861. The lowest BCUT2D eigenvalue weighted by Crippen LogP contribution is -2.52. The molecule has 2 unspecified atom stereocenters. The number of nitrogens with one attached hydrogen (secondary N) is 2. The summed E-state index contributed by atoms with van der Waals surface area (Å²) < 4.78 is 26.8. The molecular weight excluding hydrogens is 340 g/mol. The SMILES string of the molecule is CC1CCNCC1NC(=O)C1CCN(C(=O)c2ccc(F)cc2F)CC1. The van der Waals surface area contributed by atoms with Gasteiger partial charge in [0.1, 0.15) is 11.6 Å². The van der Waals surface area contributed by atoms with E-state index < -0.39 is 17.5 Å². The summed E-state index contributed by atoms with van der Waals surface area (Å²) in [5.41, 5.74) is -0.128. The van der Waals surface area contributed by atoms with Crippen LogP contribution in [-0.4, -0.2) is 48.9 Å². The highest BCUT2D eigenvalue weighted by Crippen LogP contribution is 2.21. The minimum Gasteiger partial charge on any atom is -0.352 e. The van der Waals surface area contributed by atoms with Gasteiger partial charge in [0.25, 0.3) is 5.91 Å². The Balaban J connectivity index is 1.53. The summed E-state index contributed by atoms with van der Waals surface area (Å²) in [5, 5.41) is 6.42. The van der Waals surface area contributed by atoms with Gasteiger partial charge in [-0.3, -0.25) is 9.59 Å². The average Bonchev–Trinajstić information content (AvgIpc) is 2.63. The zero-order chi connectivity index (χ0) is 18.7. The summed E-state index contributed by atoms with van der Waals surface area (Å²) in [7, 11) is 0. The van der Waals surface area contributed by atoms with Crippen LogP contribution >= 0.6 is 0 Å². The minimum absolute atomic E-state index is 0.0330. The molecule has 0 spiro atoms. The molecular formula is C19H25F2N3O2. The molecule has 2 N–H and O–H groups in total. The number of carbonyl (C=O) groups excluding carboxylic acids is 2. The Hall–Kier alpha value is -2.02. The van der Waals surface area contributed by atoms with Gasteiger partial charge in [0, 0.05) is 37.7 Å². The molecule has 0 radical (unpaired) electrons. The largest absolute Gasteiger partial charge is 0.352 e. The number of nitrogens with zero attached hydrogens (tertiary/aromatic N) is 1. The molecule has 0 aromatic heterocycles. The summed E-state index contributed by atoms with van der Waals surface area (Å²) >= 11 is 0. The second-order valence-electron chi connectivity index (χ2n) is 7.28. The Labute approximate surface area is 152 Å². The normalized spacial score (nSPS) is 24.3. The van der Waals surface area contributed by atoms with Gasteiger partial charge < -0.3 is 15.5 Å². The molecule has 2 atom stereocenters. The Morgan fingerprint density at radius 1 is 1.19 bits per heavy atom. The van der Waals surface area contributed by atoms with E-state index in [2.05, 4.69) is 17.6 Å². The molecule has 1 aromatic rings. The Bertz CT molecular complexity index is 675. The minimum atomic E-state index is -0.853. The maximum absolute atomic E-state index is 13.8. The van der Waals surface area contributed by atoms with Crippen LogP contribution < -0.4 is 10.6 Å². The van der Waals surface area contributed by atoms with Crippen molar-refractivity contribution < 1.29 is 18.4 Å². The van der Waals surface area contributed by atoms with E-state index in [4.69, 9.17) is 0 Å². The fraction of sp³-hybridized carbons (Fsp3) is 0.579. The van der Waals surface area contributed by atoms with E-state index in [0.29, 0.717) is 37.9 Å². The first-order chi connectivity index (χ1) is 12.5. The van der Waals surface area contributed by atoms with Crippen LogP contribution in [0.15, 0.2) is 18.2 Å². The van der Waals surface area contributed by atoms with Crippen LogP contribution in [0.5, 0.6) is 0 Å². The molecule has 2 heterocycles. The van der Waals surface area contributed by atoms with Crippen molar-refractivity contribution in [1.29, 1.82) is 0 Å². The van der Waals surface area contributed by atoms with Crippen molar-refractivity contribution in [1.82, 2.24) is 15.5 Å². The van der Waals surface area contributed by atoms with E-state index >= 15 is 0 Å². The maximum atomic E-state index is 13.8. The number of amides is 2. The molecule has 2 amide bonds. The van der Waals surface area contributed by atoms with Crippen molar-refractivity contribution in [2.45, 2.75) is 32.2 Å². The van der Waals surface area contributed by atoms with Crippen LogP contribution in [-0.2, 0) is 4.79 Å². The maximum Gasteiger partial charge on any atom is 0.256 e. The first-order valence-electron chi connectivity index (χ1n) is 9.21. The number of rotatable bonds is 3. The molecule has 0 aliphatic carbocycles. The van der Waals surface area contributed by atoms with E-state index in [-0.39, 0.29) is 23.4 Å².